The van der Waals surface area contributed by atoms with Gasteiger partial charge in [-0.25, -0.2) is 0 Å². The Morgan fingerprint density at radius 3 is 2.14 bits per heavy atom. The maximum Gasteiger partial charge on any atom is 0.252 e. The fourth-order valence-electron chi connectivity index (χ4n) is 5.08. The second-order valence-electron chi connectivity index (χ2n) is 8.67. The van der Waals surface area contributed by atoms with Crippen LogP contribution in [0.25, 0.3) is 0 Å². The van der Waals surface area contributed by atoms with Crippen molar-refractivity contribution in [2.45, 2.75) is 17.6 Å². The molecule has 5 nitrogen and oxygen atoms in total. The summed E-state index contributed by atoms with van der Waals surface area (Å²) in [5.41, 5.74) is 2.39. The number of ether oxygens (including phenoxy) is 2. The quantitative estimate of drug-likeness (QED) is 0.376. The second kappa shape index (κ2) is 8.44. The molecule has 2 aliphatic heterocycles. The van der Waals surface area contributed by atoms with Gasteiger partial charge in [0.25, 0.3) is 5.60 Å². The lowest BCUT2D eigenvalue weighted by Gasteiger charge is -2.42. The van der Waals surface area contributed by atoms with Crippen LogP contribution in [0.1, 0.15) is 39.1 Å². The van der Waals surface area contributed by atoms with Crippen LogP contribution in [0.5, 0.6) is 11.5 Å². The van der Waals surface area contributed by atoms with Gasteiger partial charge in [0.15, 0.2) is 6.10 Å². The third-order valence-electron chi connectivity index (χ3n) is 6.74. The number of para-hydroxylation sites is 1. The van der Waals surface area contributed by atoms with E-state index in [-0.39, 0.29) is 5.78 Å². The van der Waals surface area contributed by atoms with Gasteiger partial charge in [-0.3, -0.25) is 4.79 Å². The van der Waals surface area contributed by atoms with E-state index in [1.54, 1.807) is 13.2 Å². The minimum absolute atomic E-state index is 0.149. The maximum absolute atomic E-state index is 14.4. The Kier molecular flexibility index (Phi) is 5.10. The van der Waals surface area contributed by atoms with Gasteiger partial charge < -0.3 is 14.3 Å². The molecule has 3 unspecified atom stereocenters. The molecule has 3 atom stereocenters. The Morgan fingerprint density at radius 2 is 1.43 bits per heavy atom. The van der Waals surface area contributed by atoms with E-state index in [9.17, 15) is 4.79 Å². The number of carbonyl (C=O) groups excluding carboxylic acids is 1. The molecule has 172 valence electrons. The molecule has 6 rings (SSSR count). The fourth-order valence-corrected chi connectivity index (χ4v) is 5.08. The van der Waals surface area contributed by atoms with Crippen molar-refractivity contribution < 1.29 is 19.1 Å². The number of methoxy groups -OCH3 is 1. The first-order chi connectivity index (χ1) is 17.2. The molecule has 0 fully saturated rings. The molecule has 35 heavy (non-hydrogen) atoms. The third kappa shape index (κ3) is 3.31. The molecule has 2 aliphatic rings. The number of ketones is 1. The minimum Gasteiger partial charge on any atom is -0.497 e. The van der Waals surface area contributed by atoms with Gasteiger partial charge in [0.1, 0.15) is 11.5 Å². The number of nitrogens with zero attached hydrogens (tertiary/aromatic N) is 1. The molecule has 0 saturated heterocycles. The number of hydrogen-bond acceptors (Lipinski definition) is 5. The Balaban J connectivity index is 1.60. The summed E-state index contributed by atoms with van der Waals surface area (Å²) in [6.45, 7) is 0. The largest absolute Gasteiger partial charge is 0.497 e. The highest BCUT2D eigenvalue weighted by molar-refractivity contribution is 6.16. The van der Waals surface area contributed by atoms with E-state index >= 15 is 0 Å². The average molecular weight is 462 g/mol. The Morgan fingerprint density at radius 1 is 0.771 bits per heavy atom. The first kappa shape index (κ1) is 21.2. The molecule has 4 aromatic rings. The molecule has 0 radical (unpaired) electrons. The lowest BCUT2D eigenvalue weighted by Crippen LogP contribution is -2.54. The highest BCUT2D eigenvalue weighted by Gasteiger charge is 2.64. The van der Waals surface area contributed by atoms with E-state index in [2.05, 4.69) is 5.16 Å². The smallest absolute Gasteiger partial charge is 0.252 e. The van der Waals surface area contributed by atoms with Gasteiger partial charge in [0.2, 0.25) is 5.78 Å². The molecule has 5 heteroatoms. The van der Waals surface area contributed by atoms with Gasteiger partial charge in [-0.05, 0) is 35.4 Å². The standard InChI is InChI=1S/C30H23NO4/c1-33-23-18-16-20(17-19-23)26-27(21-10-4-2-5-11-21)31-35-30(26)28(32)24-14-8-9-15-25(24)34-29(30)22-12-6-3-7-13-22/h2-19,26,29H,1H3. The zero-order valence-electron chi connectivity index (χ0n) is 19.1. The van der Waals surface area contributed by atoms with Crippen molar-refractivity contribution in [1.29, 1.82) is 0 Å². The van der Waals surface area contributed by atoms with E-state index in [1.807, 2.05) is 103 Å². The van der Waals surface area contributed by atoms with Crippen LogP contribution < -0.4 is 9.47 Å². The van der Waals surface area contributed by atoms with Crippen molar-refractivity contribution in [2.24, 2.45) is 5.16 Å². The Bertz CT molecular complexity index is 1400. The number of fused-ring (bicyclic) bond motifs is 1. The van der Waals surface area contributed by atoms with Gasteiger partial charge >= 0.3 is 0 Å². The van der Waals surface area contributed by atoms with Gasteiger partial charge in [0, 0.05) is 5.56 Å². The molecule has 1 spiro atoms. The van der Waals surface area contributed by atoms with Crippen LogP contribution in [0.3, 0.4) is 0 Å². The van der Waals surface area contributed by atoms with E-state index in [4.69, 9.17) is 14.3 Å². The van der Waals surface area contributed by atoms with Gasteiger partial charge in [-0.15, -0.1) is 0 Å². The minimum atomic E-state index is -1.42. The van der Waals surface area contributed by atoms with Gasteiger partial charge in [-0.1, -0.05) is 90.1 Å². The summed E-state index contributed by atoms with van der Waals surface area (Å²) in [6.07, 6.45) is -0.705. The van der Waals surface area contributed by atoms with E-state index < -0.39 is 17.6 Å². The van der Waals surface area contributed by atoms with Crippen molar-refractivity contribution in [3.63, 3.8) is 0 Å². The van der Waals surface area contributed by atoms with Crippen molar-refractivity contribution in [3.8, 4) is 11.5 Å². The van der Waals surface area contributed by atoms with Crippen LogP contribution in [-0.2, 0) is 4.84 Å². The lowest BCUT2D eigenvalue weighted by molar-refractivity contribution is -0.0852. The monoisotopic (exact) mass is 461 g/mol. The van der Waals surface area contributed by atoms with E-state index in [0.717, 1.165) is 22.4 Å². The number of Topliss-reactive ketones (excluding diaryl/α,β-unsaturated/α-hetero) is 1. The van der Waals surface area contributed by atoms with Crippen LogP contribution in [0.2, 0.25) is 0 Å². The summed E-state index contributed by atoms with van der Waals surface area (Å²) >= 11 is 0. The highest BCUT2D eigenvalue weighted by atomic mass is 16.7. The molecule has 0 amide bonds. The summed E-state index contributed by atoms with van der Waals surface area (Å²) in [6, 6.07) is 34.6. The summed E-state index contributed by atoms with van der Waals surface area (Å²) in [5.74, 6) is 0.615. The molecule has 0 aromatic heterocycles. The normalized spacial score (nSPS) is 22.7. The number of hydrogen-bond donors (Lipinski definition) is 0. The number of benzene rings is 4. The number of oxime groups is 1. The number of carbonyl (C=O) groups is 1. The van der Waals surface area contributed by atoms with Crippen molar-refractivity contribution in [2.75, 3.05) is 7.11 Å². The third-order valence-corrected chi connectivity index (χ3v) is 6.74. The molecule has 4 aromatic carbocycles. The molecule has 0 saturated carbocycles. The molecule has 0 bridgehead atoms. The first-order valence-corrected chi connectivity index (χ1v) is 11.5. The number of rotatable bonds is 4. The van der Waals surface area contributed by atoms with Gasteiger partial charge in [0.05, 0.1) is 24.3 Å². The van der Waals surface area contributed by atoms with Crippen LogP contribution >= 0.6 is 0 Å². The summed E-state index contributed by atoms with van der Waals surface area (Å²) in [7, 11) is 1.63. The maximum atomic E-state index is 14.4. The van der Waals surface area contributed by atoms with Crippen LogP contribution in [0.4, 0.5) is 0 Å². The predicted molar refractivity (Wildman–Crippen MR) is 133 cm³/mol. The van der Waals surface area contributed by atoms with Crippen molar-refractivity contribution in [1.82, 2.24) is 0 Å². The van der Waals surface area contributed by atoms with Crippen molar-refractivity contribution in [3.05, 3.63) is 131 Å². The molecule has 0 aliphatic carbocycles. The van der Waals surface area contributed by atoms with E-state index in [0.29, 0.717) is 17.0 Å². The van der Waals surface area contributed by atoms with E-state index in [1.165, 1.54) is 0 Å². The Hall–Kier alpha value is -4.38. The fraction of sp³-hybridized carbons (Fsp3) is 0.133. The van der Waals surface area contributed by atoms with Crippen LogP contribution in [-0.4, -0.2) is 24.2 Å². The zero-order chi connectivity index (χ0) is 23.8. The topological polar surface area (TPSA) is 57.1 Å². The van der Waals surface area contributed by atoms with Crippen LogP contribution in [0, 0.1) is 0 Å². The molecular formula is C30H23NO4. The zero-order valence-corrected chi connectivity index (χ0v) is 19.1. The highest BCUT2D eigenvalue weighted by Crippen LogP contribution is 2.54. The van der Waals surface area contributed by atoms with Crippen molar-refractivity contribution >= 4 is 11.5 Å². The predicted octanol–water partition coefficient (Wildman–Crippen LogP) is 5.97. The summed E-state index contributed by atoms with van der Waals surface area (Å²) < 4.78 is 11.9. The lowest BCUT2D eigenvalue weighted by atomic mass is 9.68. The van der Waals surface area contributed by atoms with Gasteiger partial charge in [-0.2, -0.15) is 0 Å². The first-order valence-electron chi connectivity index (χ1n) is 11.5. The summed E-state index contributed by atoms with van der Waals surface area (Å²) in [4.78, 5) is 20.7. The molecule has 2 heterocycles. The SMILES string of the molecule is COc1ccc(C2C(c3ccccc3)=NOC23C(=O)c2ccccc2OC3c2ccccc2)cc1. The molecular weight excluding hydrogens is 438 g/mol. The second-order valence-corrected chi connectivity index (χ2v) is 8.67. The average Bonchev–Trinajstić information content (AvgIpc) is 3.33. The Labute approximate surface area is 203 Å². The van der Waals surface area contributed by atoms with Crippen LogP contribution in [0.15, 0.2) is 114 Å². The summed E-state index contributed by atoms with van der Waals surface area (Å²) in [5, 5.41) is 4.57. The molecule has 0 N–H and O–H groups in total.